The van der Waals surface area contributed by atoms with Gasteiger partial charge in [0, 0.05) is 26.1 Å². The summed E-state index contributed by atoms with van der Waals surface area (Å²) in [6.45, 7) is 4.01. The van der Waals surface area contributed by atoms with Crippen LogP contribution in [0.15, 0.2) is 35.6 Å². The molecule has 2 aliphatic rings. The fourth-order valence-electron chi connectivity index (χ4n) is 3.12. The number of carbonyl (C=O) groups excluding carboxylic acids is 1. The molecule has 0 unspecified atom stereocenters. The van der Waals surface area contributed by atoms with Gasteiger partial charge in [0.25, 0.3) is 0 Å². The van der Waals surface area contributed by atoms with E-state index in [4.69, 9.17) is 9.47 Å². The smallest absolute Gasteiger partial charge is 0.338 e. The average molecular weight is 366 g/mol. The molecule has 0 fully saturated rings. The lowest BCUT2D eigenvalue weighted by atomic mass is 9.82. The fraction of sp³-hybridized carbons (Fsp3) is 0.421. The minimum absolute atomic E-state index is 0. The van der Waals surface area contributed by atoms with Gasteiger partial charge in [0.2, 0.25) is 0 Å². The Morgan fingerprint density at radius 3 is 2.92 bits per heavy atom. The summed E-state index contributed by atoms with van der Waals surface area (Å²) in [5.41, 5.74) is 4.28. The molecule has 0 saturated heterocycles. The van der Waals surface area contributed by atoms with Gasteiger partial charge in [-0.3, -0.25) is 4.90 Å². The van der Waals surface area contributed by atoms with Crippen molar-refractivity contribution in [1.29, 1.82) is 0 Å². The van der Waals surface area contributed by atoms with Crippen molar-refractivity contribution in [2.45, 2.75) is 19.8 Å². The first-order chi connectivity index (χ1) is 11.6. The molecule has 136 valence electrons. The van der Waals surface area contributed by atoms with Crippen LogP contribution in [0.25, 0.3) is 5.57 Å². The standard InChI is InChI=1S/C19H23NO4.ClH/c1-3-24-19(22)17-12-20(9-7-18(17)21)8-6-14-10-13-4-5-15(23-2)11-16(13)14;/h4-6,11,21H,3,7-10,12H2,1-2H3;1H. The number of ether oxygens (including phenoxy) is 2. The first-order valence-corrected chi connectivity index (χ1v) is 8.29. The van der Waals surface area contributed by atoms with Crippen LogP contribution < -0.4 is 4.74 Å². The van der Waals surface area contributed by atoms with Gasteiger partial charge in [-0.2, -0.15) is 0 Å². The zero-order valence-corrected chi connectivity index (χ0v) is 15.4. The number of hydrogen-bond donors (Lipinski definition) is 1. The molecule has 0 spiro atoms. The van der Waals surface area contributed by atoms with E-state index >= 15 is 0 Å². The van der Waals surface area contributed by atoms with Gasteiger partial charge >= 0.3 is 5.97 Å². The van der Waals surface area contributed by atoms with Crippen molar-refractivity contribution < 1.29 is 19.4 Å². The maximum absolute atomic E-state index is 11.9. The number of halogens is 1. The number of aliphatic hydroxyl groups is 1. The Labute approximate surface area is 154 Å². The quantitative estimate of drug-likeness (QED) is 0.812. The summed E-state index contributed by atoms with van der Waals surface area (Å²) >= 11 is 0. The Bertz CT molecular complexity index is 711. The Morgan fingerprint density at radius 1 is 1.40 bits per heavy atom. The van der Waals surface area contributed by atoms with Gasteiger partial charge in [-0.15, -0.1) is 12.4 Å². The Balaban J connectivity index is 0.00000225. The van der Waals surface area contributed by atoms with Crippen molar-refractivity contribution in [3.05, 3.63) is 46.7 Å². The second kappa shape index (κ2) is 8.41. The van der Waals surface area contributed by atoms with Crippen LogP contribution >= 0.6 is 12.4 Å². The molecule has 5 nitrogen and oxygen atoms in total. The molecule has 1 aromatic carbocycles. The second-order valence-electron chi connectivity index (χ2n) is 6.06. The maximum atomic E-state index is 11.9. The number of esters is 1. The van der Waals surface area contributed by atoms with Crippen LogP contribution in [0.1, 0.15) is 24.5 Å². The maximum Gasteiger partial charge on any atom is 0.338 e. The summed E-state index contributed by atoms with van der Waals surface area (Å²) in [6, 6.07) is 6.15. The largest absolute Gasteiger partial charge is 0.512 e. The molecule has 0 amide bonds. The van der Waals surface area contributed by atoms with Gasteiger partial charge < -0.3 is 14.6 Å². The van der Waals surface area contributed by atoms with Crippen molar-refractivity contribution in [3.63, 3.8) is 0 Å². The highest BCUT2D eigenvalue weighted by Gasteiger charge is 2.25. The highest BCUT2D eigenvalue weighted by molar-refractivity contribution is 5.89. The van der Waals surface area contributed by atoms with Crippen LogP contribution in [0.5, 0.6) is 5.75 Å². The van der Waals surface area contributed by atoms with E-state index in [0.717, 1.165) is 25.3 Å². The minimum atomic E-state index is -0.411. The molecule has 1 aromatic rings. The third-order valence-electron chi connectivity index (χ3n) is 4.56. The molecular weight excluding hydrogens is 342 g/mol. The topological polar surface area (TPSA) is 59.0 Å². The van der Waals surface area contributed by atoms with Crippen LogP contribution in [0, 0.1) is 0 Å². The monoisotopic (exact) mass is 365 g/mol. The molecule has 0 aromatic heterocycles. The lowest BCUT2D eigenvalue weighted by Gasteiger charge is -2.29. The molecule has 3 rings (SSSR count). The molecule has 1 aliphatic heterocycles. The van der Waals surface area contributed by atoms with Gasteiger partial charge in [0.15, 0.2) is 0 Å². The summed E-state index contributed by atoms with van der Waals surface area (Å²) in [5.74, 6) is 0.622. The van der Waals surface area contributed by atoms with Gasteiger partial charge in [-0.1, -0.05) is 12.1 Å². The Hall–Kier alpha value is -1.98. The number of benzene rings is 1. The van der Waals surface area contributed by atoms with Crippen LogP contribution in [-0.4, -0.2) is 49.3 Å². The lowest BCUT2D eigenvalue weighted by Crippen LogP contribution is -2.35. The minimum Gasteiger partial charge on any atom is -0.512 e. The fourth-order valence-corrected chi connectivity index (χ4v) is 3.12. The van der Waals surface area contributed by atoms with Gasteiger partial charge in [-0.05, 0) is 42.2 Å². The molecule has 1 N–H and O–H groups in total. The van der Waals surface area contributed by atoms with Crippen molar-refractivity contribution in [2.24, 2.45) is 0 Å². The van der Waals surface area contributed by atoms with Crippen molar-refractivity contribution >= 4 is 23.9 Å². The van der Waals surface area contributed by atoms with E-state index < -0.39 is 5.97 Å². The van der Waals surface area contributed by atoms with E-state index in [9.17, 15) is 9.90 Å². The van der Waals surface area contributed by atoms with Crippen LogP contribution in [-0.2, 0) is 16.0 Å². The highest BCUT2D eigenvalue weighted by Crippen LogP contribution is 2.36. The summed E-state index contributed by atoms with van der Waals surface area (Å²) in [5, 5.41) is 9.93. The van der Waals surface area contributed by atoms with Crippen LogP contribution in [0.4, 0.5) is 0 Å². The van der Waals surface area contributed by atoms with Crippen LogP contribution in [0.2, 0.25) is 0 Å². The normalized spacial score (nSPS) is 18.2. The summed E-state index contributed by atoms with van der Waals surface area (Å²) < 4.78 is 10.3. The molecule has 25 heavy (non-hydrogen) atoms. The van der Waals surface area contributed by atoms with Gasteiger partial charge in [0.1, 0.15) is 11.5 Å². The number of nitrogens with zero attached hydrogens (tertiary/aromatic N) is 1. The molecule has 1 aliphatic carbocycles. The first kappa shape index (κ1) is 19.3. The lowest BCUT2D eigenvalue weighted by molar-refractivity contribution is -0.139. The number of rotatable bonds is 5. The van der Waals surface area contributed by atoms with E-state index in [-0.39, 0.29) is 18.2 Å². The van der Waals surface area contributed by atoms with E-state index in [2.05, 4.69) is 23.1 Å². The number of allylic oxidation sites excluding steroid dienone is 1. The van der Waals surface area contributed by atoms with Gasteiger partial charge in [-0.25, -0.2) is 4.79 Å². The molecule has 0 saturated carbocycles. The summed E-state index contributed by atoms with van der Waals surface area (Å²) in [6.07, 6.45) is 3.66. The SMILES string of the molecule is CCOC(=O)C1=C(O)CCN(CC=C2Cc3ccc(OC)cc32)C1.Cl. The third kappa shape index (κ3) is 4.17. The highest BCUT2D eigenvalue weighted by atomic mass is 35.5. The molecule has 6 heteroatoms. The van der Waals surface area contributed by atoms with E-state index in [1.165, 1.54) is 16.7 Å². The van der Waals surface area contributed by atoms with E-state index in [0.29, 0.717) is 25.1 Å². The number of methoxy groups -OCH3 is 1. The summed E-state index contributed by atoms with van der Waals surface area (Å²) in [7, 11) is 1.67. The molecular formula is C19H24ClNO4. The van der Waals surface area contributed by atoms with Crippen molar-refractivity contribution in [3.8, 4) is 5.75 Å². The van der Waals surface area contributed by atoms with Crippen LogP contribution in [0.3, 0.4) is 0 Å². The van der Waals surface area contributed by atoms with Crippen molar-refractivity contribution in [2.75, 3.05) is 33.4 Å². The van der Waals surface area contributed by atoms with Gasteiger partial charge in [0.05, 0.1) is 19.3 Å². The Kier molecular flexibility index (Phi) is 6.51. The van der Waals surface area contributed by atoms with E-state index in [1.807, 2.05) is 6.07 Å². The molecule has 1 heterocycles. The third-order valence-corrected chi connectivity index (χ3v) is 4.56. The second-order valence-corrected chi connectivity index (χ2v) is 6.06. The number of carbonyl (C=O) groups is 1. The zero-order valence-electron chi connectivity index (χ0n) is 14.6. The predicted octanol–water partition coefficient (Wildman–Crippen LogP) is 3.14. The molecule has 0 bridgehead atoms. The molecule has 0 atom stereocenters. The zero-order chi connectivity index (χ0) is 17.1. The molecule has 0 radical (unpaired) electrons. The number of hydrogen-bond acceptors (Lipinski definition) is 5. The number of aliphatic hydroxyl groups excluding tert-OH is 1. The first-order valence-electron chi connectivity index (χ1n) is 8.29. The van der Waals surface area contributed by atoms with E-state index in [1.54, 1.807) is 14.0 Å². The number of fused-ring (bicyclic) bond motifs is 1. The Morgan fingerprint density at radius 2 is 2.20 bits per heavy atom. The average Bonchev–Trinajstić information content (AvgIpc) is 2.57. The van der Waals surface area contributed by atoms with Crippen molar-refractivity contribution in [1.82, 2.24) is 4.90 Å². The predicted molar refractivity (Wildman–Crippen MR) is 99.3 cm³/mol. The summed E-state index contributed by atoms with van der Waals surface area (Å²) in [4.78, 5) is 14.0.